The Balaban J connectivity index is 1.82. The number of ether oxygens (including phenoxy) is 1. The third-order valence-corrected chi connectivity index (χ3v) is 5.13. The predicted octanol–water partition coefficient (Wildman–Crippen LogP) is 3.20. The number of aromatic nitrogens is 1. The van der Waals surface area contributed by atoms with Crippen molar-refractivity contribution >= 4 is 0 Å². The minimum absolute atomic E-state index is 0.630. The van der Waals surface area contributed by atoms with Gasteiger partial charge in [0.15, 0.2) is 5.60 Å². The van der Waals surface area contributed by atoms with Crippen molar-refractivity contribution in [2.75, 3.05) is 26.3 Å². The number of nitrogens with zero attached hydrogens (tertiary/aromatic N) is 2. The predicted molar refractivity (Wildman–Crippen MR) is 105 cm³/mol. The zero-order chi connectivity index (χ0) is 18.5. The van der Waals surface area contributed by atoms with E-state index < -0.39 is 5.60 Å². The van der Waals surface area contributed by atoms with E-state index in [1.54, 1.807) is 6.20 Å². The largest absolute Gasteiger partial charge is 0.379 e. The number of aliphatic hydroxyl groups is 1. The van der Waals surface area contributed by atoms with Gasteiger partial charge in [0.05, 0.1) is 18.9 Å². The summed E-state index contributed by atoms with van der Waals surface area (Å²) in [5.74, 6) is 0. The topological polar surface area (TPSA) is 45.6 Å². The Morgan fingerprint density at radius 2 is 1.59 bits per heavy atom. The lowest BCUT2D eigenvalue weighted by atomic mass is 9.80. The first kappa shape index (κ1) is 17.9. The molecule has 3 aromatic rings. The highest BCUT2D eigenvalue weighted by molar-refractivity contribution is 5.47. The van der Waals surface area contributed by atoms with Gasteiger partial charge in [-0.25, -0.2) is 0 Å². The molecule has 0 bridgehead atoms. The molecule has 0 aliphatic carbocycles. The van der Waals surface area contributed by atoms with Crippen LogP contribution in [0.3, 0.4) is 0 Å². The van der Waals surface area contributed by atoms with Gasteiger partial charge in [-0.3, -0.25) is 9.88 Å². The molecule has 1 unspecified atom stereocenters. The number of morpholine rings is 1. The molecule has 138 valence electrons. The first-order chi connectivity index (χ1) is 13.3. The van der Waals surface area contributed by atoms with Crippen LogP contribution >= 0.6 is 0 Å². The van der Waals surface area contributed by atoms with E-state index in [1.807, 2.05) is 66.7 Å². The van der Waals surface area contributed by atoms with Crippen molar-refractivity contribution in [1.29, 1.82) is 0 Å². The minimum atomic E-state index is -1.30. The van der Waals surface area contributed by atoms with Gasteiger partial charge in [0, 0.05) is 25.8 Å². The van der Waals surface area contributed by atoms with Crippen LogP contribution in [0.2, 0.25) is 0 Å². The number of rotatable bonds is 5. The van der Waals surface area contributed by atoms with Gasteiger partial charge in [0.2, 0.25) is 0 Å². The van der Waals surface area contributed by atoms with Crippen LogP contribution in [-0.4, -0.2) is 41.3 Å². The van der Waals surface area contributed by atoms with Crippen LogP contribution in [0.25, 0.3) is 0 Å². The molecule has 0 spiro atoms. The van der Waals surface area contributed by atoms with E-state index in [9.17, 15) is 5.11 Å². The maximum atomic E-state index is 12.0. The maximum Gasteiger partial charge on any atom is 0.157 e. The Morgan fingerprint density at radius 3 is 2.33 bits per heavy atom. The lowest BCUT2D eigenvalue weighted by molar-refractivity contribution is 0.0333. The van der Waals surface area contributed by atoms with Crippen LogP contribution in [0.1, 0.15) is 22.4 Å². The normalized spacial score (nSPS) is 17.4. The Labute approximate surface area is 160 Å². The summed E-state index contributed by atoms with van der Waals surface area (Å²) in [6, 6.07) is 23.6. The van der Waals surface area contributed by atoms with Gasteiger partial charge in [-0.05, 0) is 28.8 Å². The molecule has 1 atom stereocenters. The van der Waals surface area contributed by atoms with Gasteiger partial charge in [0.25, 0.3) is 0 Å². The molecule has 0 saturated carbocycles. The molecule has 4 nitrogen and oxygen atoms in total. The molecule has 0 amide bonds. The average Bonchev–Trinajstić information content (AvgIpc) is 2.75. The van der Waals surface area contributed by atoms with Crippen molar-refractivity contribution in [2.45, 2.75) is 12.1 Å². The fraction of sp³-hybridized carbons (Fsp3) is 0.261. The molecular formula is C23H24N2O2. The minimum Gasteiger partial charge on any atom is -0.379 e. The smallest absolute Gasteiger partial charge is 0.157 e. The molecule has 4 rings (SSSR count). The highest BCUT2D eigenvalue weighted by Gasteiger charge is 2.37. The summed E-state index contributed by atoms with van der Waals surface area (Å²) in [5.41, 5.74) is 2.13. The fourth-order valence-corrected chi connectivity index (χ4v) is 3.71. The molecule has 1 aromatic heterocycles. The van der Waals surface area contributed by atoms with Gasteiger partial charge in [0.1, 0.15) is 0 Å². The molecule has 2 heterocycles. The molecule has 1 saturated heterocycles. The third kappa shape index (κ3) is 3.65. The molecule has 27 heavy (non-hydrogen) atoms. The summed E-state index contributed by atoms with van der Waals surface area (Å²) in [6.07, 6.45) is 1.73. The van der Waals surface area contributed by atoms with E-state index in [0.29, 0.717) is 5.69 Å². The molecule has 0 radical (unpaired) electrons. The molecule has 2 aromatic carbocycles. The Kier molecular flexibility index (Phi) is 5.30. The van der Waals surface area contributed by atoms with E-state index in [0.717, 1.165) is 49.5 Å². The van der Waals surface area contributed by atoms with Crippen LogP contribution in [0.15, 0.2) is 79.0 Å². The van der Waals surface area contributed by atoms with Crippen molar-refractivity contribution < 1.29 is 9.84 Å². The standard InChI is InChI=1S/C23H24N2O2/c26-23(20-9-2-1-3-10-20,22-12-6-7-13-24-22)21-11-5-4-8-19(21)18-25-14-16-27-17-15-25/h1-13,26H,14-18H2. The van der Waals surface area contributed by atoms with E-state index in [1.165, 1.54) is 0 Å². The van der Waals surface area contributed by atoms with E-state index in [-0.39, 0.29) is 0 Å². The monoisotopic (exact) mass is 360 g/mol. The second-order valence-electron chi connectivity index (χ2n) is 6.84. The third-order valence-electron chi connectivity index (χ3n) is 5.13. The first-order valence-electron chi connectivity index (χ1n) is 9.36. The average molecular weight is 360 g/mol. The molecule has 1 aliphatic heterocycles. The summed E-state index contributed by atoms with van der Waals surface area (Å²) in [4.78, 5) is 6.88. The highest BCUT2D eigenvalue weighted by Crippen LogP contribution is 2.37. The zero-order valence-corrected chi connectivity index (χ0v) is 15.3. The maximum absolute atomic E-state index is 12.0. The SMILES string of the molecule is OC(c1ccccc1)(c1ccccn1)c1ccccc1CN1CCOCC1. The number of hydrogen-bond acceptors (Lipinski definition) is 4. The van der Waals surface area contributed by atoms with E-state index in [2.05, 4.69) is 16.0 Å². The summed E-state index contributed by atoms with van der Waals surface area (Å²) < 4.78 is 5.47. The van der Waals surface area contributed by atoms with Crippen LogP contribution in [-0.2, 0) is 16.9 Å². The summed E-state index contributed by atoms with van der Waals surface area (Å²) in [6.45, 7) is 4.10. The van der Waals surface area contributed by atoms with Gasteiger partial charge < -0.3 is 9.84 Å². The summed E-state index contributed by atoms with van der Waals surface area (Å²) in [7, 11) is 0. The summed E-state index contributed by atoms with van der Waals surface area (Å²) >= 11 is 0. The first-order valence-corrected chi connectivity index (χ1v) is 9.36. The number of pyridine rings is 1. The van der Waals surface area contributed by atoms with Gasteiger partial charge in [-0.15, -0.1) is 0 Å². The van der Waals surface area contributed by atoms with Crippen LogP contribution in [0, 0.1) is 0 Å². The van der Waals surface area contributed by atoms with Crippen molar-refractivity contribution in [2.24, 2.45) is 0 Å². The Morgan fingerprint density at radius 1 is 0.889 bits per heavy atom. The van der Waals surface area contributed by atoms with Crippen molar-refractivity contribution in [3.05, 3.63) is 101 Å². The van der Waals surface area contributed by atoms with Crippen LogP contribution in [0.4, 0.5) is 0 Å². The van der Waals surface area contributed by atoms with Crippen LogP contribution < -0.4 is 0 Å². The van der Waals surface area contributed by atoms with Crippen LogP contribution in [0.5, 0.6) is 0 Å². The van der Waals surface area contributed by atoms with Crippen molar-refractivity contribution in [3.63, 3.8) is 0 Å². The Hall–Kier alpha value is -2.53. The second-order valence-corrected chi connectivity index (χ2v) is 6.84. The molecular weight excluding hydrogens is 336 g/mol. The molecule has 4 heteroatoms. The molecule has 1 fully saturated rings. The number of hydrogen-bond donors (Lipinski definition) is 1. The van der Waals surface area contributed by atoms with Gasteiger partial charge >= 0.3 is 0 Å². The second kappa shape index (κ2) is 8.01. The van der Waals surface area contributed by atoms with Crippen molar-refractivity contribution in [3.8, 4) is 0 Å². The molecule has 1 N–H and O–H groups in total. The quantitative estimate of drug-likeness (QED) is 0.759. The van der Waals surface area contributed by atoms with E-state index in [4.69, 9.17) is 4.74 Å². The number of benzene rings is 2. The Bertz CT molecular complexity index is 822. The van der Waals surface area contributed by atoms with Crippen molar-refractivity contribution in [1.82, 2.24) is 9.88 Å². The van der Waals surface area contributed by atoms with Gasteiger partial charge in [-0.2, -0.15) is 0 Å². The summed E-state index contributed by atoms with van der Waals surface area (Å²) in [5, 5.41) is 12.0. The lowest BCUT2D eigenvalue weighted by Crippen LogP contribution is -2.37. The fourth-order valence-electron chi connectivity index (χ4n) is 3.71. The lowest BCUT2D eigenvalue weighted by Gasteiger charge is -2.33. The van der Waals surface area contributed by atoms with E-state index >= 15 is 0 Å². The zero-order valence-electron chi connectivity index (χ0n) is 15.3. The van der Waals surface area contributed by atoms with Gasteiger partial charge in [-0.1, -0.05) is 60.7 Å². The molecule has 1 aliphatic rings. The highest BCUT2D eigenvalue weighted by atomic mass is 16.5.